The summed E-state index contributed by atoms with van der Waals surface area (Å²) in [5.74, 6) is 1.55. The largest absolute Gasteiger partial charge is 0.493 e. The molecule has 1 unspecified atom stereocenters. The molecule has 0 bridgehead atoms. The highest BCUT2D eigenvalue weighted by Crippen LogP contribution is 2.18. The Balaban J connectivity index is 2.38. The van der Waals surface area contributed by atoms with E-state index in [1.54, 1.807) is 0 Å². The van der Waals surface area contributed by atoms with Gasteiger partial charge in [0.25, 0.3) is 0 Å². The van der Waals surface area contributed by atoms with Crippen LogP contribution in [-0.4, -0.2) is 11.9 Å². The van der Waals surface area contributed by atoms with Crippen molar-refractivity contribution in [1.29, 1.82) is 0 Å². The number of hydrogen-bond acceptors (Lipinski definition) is 1. The van der Waals surface area contributed by atoms with Gasteiger partial charge in [0.15, 0.2) is 0 Å². The van der Waals surface area contributed by atoms with Gasteiger partial charge in [-0.15, -0.1) is 0 Å². The number of hydrogen-bond donors (Lipinski definition) is 0. The quantitative estimate of drug-likeness (QED) is 0.688. The summed E-state index contributed by atoms with van der Waals surface area (Å²) in [6.45, 7) is 3.00. The highest BCUT2D eigenvalue weighted by molar-refractivity contribution is 9.10. The van der Waals surface area contributed by atoms with Gasteiger partial charge < -0.3 is 4.74 Å². The first-order chi connectivity index (χ1) is 7.26. The van der Waals surface area contributed by atoms with Gasteiger partial charge in [-0.2, -0.15) is 0 Å². The van der Waals surface area contributed by atoms with Crippen molar-refractivity contribution in [3.63, 3.8) is 0 Å². The Labute approximate surface area is 108 Å². The van der Waals surface area contributed by atoms with Crippen LogP contribution in [0.3, 0.4) is 0 Å². The van der Waals surface area contributed by atoms with Crippen molar-refractivity contribution < 1.29 is 4.74 Å². The topological polar surface area (TPSA) is 9.23 Å². The van der Waals surface area contributed by atoms with Crippen LogP contribution < -0.4 is 4.74 Å². The van der Waals surface area contributed by atoms with Crippen LogP contribution in [0.1, 0.15) is 19.8 Å². The molecule has 15 heavy (non-hydrogen) atoms. The maximum Gasteiger partial charge on any atom is 0.119 e. The average molecular weight is 336 g/mol. The van der Waals surface area contributed by atoms with Gasteiger partial charge in [-0.1, -0.05) is 45.2 Å². The van der Waals surface area contributed by atoms with Crippen molar-refractivity contribution in [2.45, 2.75) is 19.8 Å². The summed E-state index contributed by atoms with van der Waals surface area (Å²) in [6.07, 6.45) is 2.42. The fraction of sp³-hybridized carbons (Fsp3) is 0.500. The zero-order chi connectivity index (χ0) is 11.1. The molecule has 1 aromatic carbocycles. The van der Waals surface area contributed by atoms with Gasteiger partial charge in [0, 0.05) is 15.7 Å². The van der Waals surface area contributed by atoms with Crippen LogP contribution in [0, 0.1) is 5.92 Å². The van der Waals surface area contributed by atoms with Crippen LogP contribution >= 0.6 is 31.9 Å². The Morgan fingerprint density at radius 3 is 2.47 bits per heavy atom. The van der Waals surface area contributed by atoms with Crippen LogP contribution in [0.15, 0.2) is 28.7 Å². The van der Waals surface area contributed by atoms with E-state index in [-0.39, 0.29) is 0 Å². The van der Waals surface area contributed by atoms with Crippen molar-refractivity contribution in [2.24, 2.45) is 5.92 Å². The molecule has 0 aromatic heterocycles. The van der Waals surface area contributed by atoms with E-state index in [4.69, 9.17) is 4.74 Å². The molecule has 1 nitrogen and oxygen atoms in total. The highest BCUT2D eigenvalue weighted by atomic mass is 79.9. The summed E-state index contributed by atoms with van der Waals surface area (Å²) in [7, 11) is 0. The van der Waals surface area contributed by atoms with Gasteiger partial charge >= 0.3 is 0 Å². The van der Waals surface area contributed by atoms with Crippen molar-refractivity contribution in [2.75, 3.05) is 11.9 Å². The van der Waals surface area contributed by atoms with Gasteiger partial charge in [-0.25, -0.2) is 0 Å². The van der Waals surface area contributed by atoms with Crippen LogP contribution in [-0.2, 0) is 0 Å². The summed E-state index contributed by atoms with van der Waals surface area (Å²) in [5, 5.41) is 1.01. The number of alkyl halides is 1. The minimum absolute atomic E-state index is 0.610. The average Bonchev–Trinajstić information content (AvgIpc) is 2.26. The first-order valence-corrected chi connectivity index (χ1v) is 7.12. The lowest BCUT2D eigenvalue weighted by Gasteiger charge is -2.14. The van der Waals surface area contributed by atoms with E-state index in [0.29, 0.717) is 5.92 Å². The molecule has 0 fully saturated rings. The molecule has 3 heteroatoms. The molecule has 0 heterocycles. The smallest absolute Gasteiger partial charge is 0.119 e. The molecule has 0 N–H and O–H groups in total. The molecule has 0 aliphatic carbocycles. The monoisotopic (exact) mass is 334 g/mol. The molecule has 0 amide bonds. The van der Waals surface area contributed by atoms with Crippen molar-refractivity contribution >= 4 is 31.9 Å². The molecule has 0 aliphatic heterocycles. The second kappa shape index (κ2) is 7.29. The van der Waals surface area contributed by atoms with E-state index < -0.39 is 0 Å². The summed E-state index contributed by atoms with van der Waals surface area (Å²) >= 11 is 6.92. The molecule has 1 atom stereocenters. The lowest BCUT2D eigenvalue weighted by molar-refractivity contribution is 0.255. The molecule has 1 aromatic rings. The highest BCUT2D eigenvalue weighted by Gasteiger charge is 2.06. The van der Waals surface area contributed by atoms with Crippen molar-refractivity contribution in [3.05, 3.63) is 28.7 Å². The van der Waals surface area contributed by atoms with Crippen LogP contribution in [0.5, 0.6) is 5.75 Å². The van der Waals surface area contributed by atoms with E-state index in [0.717, 1.165) is 22.2 Å². The Kier molecular flexibility index (Phi) is 6.34. The Morgan fingerprint density at radius 1 is 1.27 bits per heavy atom. The summed E-state index contributed by atoms with van der Waals surface area (Å²) in [6, 6.07) is 7.97. The standard InChI is InChI=1S/C12H16Br2O/c1-2-3-10(8-13)9-15-12-6-4-11(14)5-7-12/h4-7,10H,2-3,8-9H2,1H3. The van der Waals surface area contributed by atoms with Gasteiger partial charge in [0.2, 0.25) is 0 Å². The van der Waals surface area contributed by atoms with Gasteiger partial charge in [0.05, 0.1) is 6.61 Å². The fourth-order valence-corrected chi connectivity index (χ4v) is 2.13. The summed E-state index contributed by atoms with van der Waals surface area (Å²) in [5.41, 5.74) is 0. The fourth-order valence-electron chi connectivity index (χ4n) is 1.36. The maximum absolute atomic E-state index is 5.72. The second-order valence-corrected chi connectivity index (χ2v) is 5.14. The SMILES string of the molecule is CCCC(CBr)COc1ccc(Br)cc1. The molecular weight excluding hydrogens is 320 g/mol. The Hall–Kier alpha value is -0.0200. The predicted molar refractivity (Wildman–Crippen MR) is 71.8 cm³/mol. The van der Waals surface area contributed by atoms with Crippen LogP contribution in [0.25, 0.3) is 0 Å². The zero-order valence-electron chi connectivity index (χ0n) is 8.88. The first-order valence-electron chi connectivity index (χ1n) is 5.20. The normalized spacial score (nSPS) is 12.5. The molecule has 84 valence electrons. The van der Waals surface area contributed by atoms with Gasteiger partial charge in [-0.05, 0) is 30.7 Å². The third-order valence-corrected chi connectivity index (χ3v) is 3.66. The Bertz CT molecular complexity index is 271. The van der Waals surface area contributed by atoms with E-state index in [2.05, 4.69) is 38.8 Å². The van der Waals surface area contributed by atoms with Crippen molar-refractivity contribution in [3.8, 4) is 5.75 Å². The minimum Gasteiger partial charge on any atom is -0.493 e. The lowest BCUT2D eigenvalue weighted by atomic mass is 10.1. The summed E-state index contributed by atoms with van der Waals surface area (Å²) in [4.78, 5) is 0. The number of benzene rings is 1. The van der Waals surface area contributed by atoms with E-state index in [9.17, 15) is 0 Å². The third-order valence-electron chi connectivity index (χ3n) is 2.21. The molecule has 0 aliphatic rings. The minimum atomic E-state index is 0.610. The summed E-state index contributed by atoms with van der Waals surface area (Å²) < 4.78 is 6.80. The van der Waals surface area contributed by atoms with Gasteiger partial charge in [0.1, 0.15) is 5.75 Å². The molecule has 0 saturated carbocycles. The van der Waals surface area contributed by atoms with E-state index in [1.165, 1.54) is 12.8 Å². The Morgan fingerprint density at radius 2 is 1.93 bits per heavy atom. The first kappa shape index (κ1) is 13.0. The van der Waals surface area contributed by atoms with Crippen LogP contribution in [0.4, 0.5) is 0 Å². The second-order valence-electron chi connectivity index (χ2n) is 3.57. The lowest BCUT2D eigenvalue weighted by Crippen LogP contribution is -2.13. The van der Waals surface area contributed by atoms with Crippen molar-refractivity contribution in [1.82, 2.24) is 0 Å². The predicted octanol–water partition coefficient (Wildman–Crippen LogP) is 4.64. The number of halogens is 2. The van der Waals surface area contributed by atoms with Crippen LogP contribution in [0.2, 0.25) is 0 Å². The molecular formula is C12H16Br2O. The molecule has 0 radical (unpaired) electrons. The van der Waals surface area contributed by atoms with E-state index in [1.807, 2.05) is 24.3 Å². The van der Waals surface area contributed by atoms with Gasteiger partial charge in [-0.3, -0.25) is 0 Å². The zero-order valence-corrected chi connectivity index (χ0v) is 12.1. The molecule has 0 saturated heterocycles. The third kappa shape index (κ3) is 5.03. The molecule has 1 rings (SSSR count). The number of rotatable bonds is 6. The molecule has 0 spiro atoms. The maximum atomic E-state index is 5.72. The number of ether oxygens (including phenoxy) is 1. The van der Waals surface area contributed by atoms with E-state index >= 15 is 0 Å².